The minimum absolute atomic E-state index is 0.725. The van der Waals surface area contributed by atoms with E-state index in [0.29, 0.717) is 0 Å². The van der Waals surface area contributed by atoms with Crippen molar-refractivity contribution in [1.29, 1.82) is 0 Å². The molecular weight excluding hydrogens is 184 g/mol. The van der Waals surface area contributed by atoms with Crippen LogP contribution in [0.4, 0.5) is 0 Å². The number of rotatable bonds is 7. The second-order valence-electron chi connectivity index (χ2n) is 5.62. The van der Waals surface area contributed by atoms with Crippen LogP contribution in [-0.4, -0.2) is 24.7 Å². The molecule has 2 aliphatic carbocycles. The van der Waals surface area contributed by atoms with E-state index in [1.54, 1.807) is 0 Å². The molecule has 0 aliphatic heterocycles. The van der Waals surface area contributed by atoms with Crippen molar-refractivity contribution in [3.8, 4) is 0 Å². The van der Waals surface area contributed by atoms with E-state index in [1.165, 1.54) is 25.7 Å². The molecule has 0 heterocycles. The maximum Gasteiger partial charge on any atom is 0.00990 e. The Balaban J connectivity index is 1.51. The molecule has 0 spiro atoms. The Morgan fingerprint density at radius 3 is 2.60 bits per heavy atom. The Morgan fingerprint density at radius 2 is 2.00 bits per heavy atom. The van der Waals surface area contributed by atoms with Gasteiger partial charge in [-0.1, -0.05) is 13.8 Å². The van der Waals surface area contributed by atoms with E-state index < -0.39 is 0 Å². The van der Waals surface area contributed by atoms with Crippen molar-refractivity contribution in [1.82, 2.24) is 10.6 Å². The molecule has 2 N–H and O–H groups in total. The molecule has 15 heavy (non-hydrogen) atoms. The highest BCUT2D eigenvalue weighted by Crippen LogP contribution is 2.35. The topological polar surface area (TPSA) is 24.1 Å². The molecule has 5 atom stereocenters. The molecule has 0 aromatic heterocycles. The van der Waals surface area contributed by atoms with Gasteiger partial charge in [0.1, 0.15) is 0 Å². The van der Waals surface area contributed by atoms with Crippen molar-refractivity contribution in [3.05, 3.63) is 0 Å². The van der Waals surface area contributed by atoms with E-state index in [9.17, 15) is 0 Å². The van der Waals surface area contributed by atoms with Crippen LogP contribution in [0.5, 0.6) is 0 Å². The van der Waals surface area contributed by atoms with Gasteiger partial charge in [-0.05, 0) is 51.0 Å². The average molecular weight is 210 g/mol. The summed E-state index contributed by atoms with van der Waals surface area (Å²) in [5.41, 5.74) is 0. The van der Waals surface area contributed by atoms with Crippen LogP contribution in [0.3, 0.4) is 0 Å². The van der Waals surface area contributed by atoms with Crippen LogP contribution in [0, 0.1) is 11.8 Å². The van der Waals surface area contributed by atoms with Crippen LogP contribution in [0.2, 0.25) is 0 Å². The van der Waals surface area contributed by atoms with Gasteiger partial charge in [-0.3, -0.25) is 0 Å². The lowest BCUT2D eigenvalue weighted by molar-refractivity contribution is 0.464. The van der Waals surface area contributed by atoms with E-state index in [1.807, 2.05) is 0 Å². The maximum atomic E-state index is 3.71. The lowest BCUT2D eigenvalue weighted by Crippen LogP contribution is -2.29. The monoisotopic (exact) mass is 210 g/mol. The Kier molecular flexibility index (Phi) is 3.68. The van der Waals surface area contributed by atoms with Gasteiger partial charge in [0.2, 0.25) is 0 Å². The fourth-order valence-corrected chi connectivity index (χ4v) is 2.55. The molecule has 0 bridgehead atoms. The minimum atomic E-state index is 0.725. The quantitative estimate of drug-likeness (QED) is 0.673. The summed E-state index contributed by atoms with van der Waals surface area (Å²) in [5, 5.41) is 7.25. The molecule has 0 aromatic rings. The second-order valence-corrected chi connectivity index (χ2v) is 5.62. The first kappa shape index (κ1) is 11.4. The van der Waals surface area contributed by atoms with Crippen molar-refractivity contribution < 1.29 is 0 Å². The normalized spacial score (nSPS) is 40.2. The van der Waals surface area contributed by atoms with Gasteiger partial charge in [0.05, 0.1) is 0 Å². The molecule has 2 saturated carbocycles. The van der Waals surface area contributed by atoms with Gasteiger partial charge in [-0.15, -0.1) is 0 Å². The van der Waals surface area contributed by atoms with Gasteiger partial charge in [0.15, 0.2) is 0 Å². The van der Waals surface area contributed by atoms with Gasteiger partial charge < -0.3 is 10.6 Å². The second kappa shape index (κ2) is 4.84. The lowest BCUT2D eigenvalue weighted by Gasteiger charge is -2.13. The molecule has 0 saturated heterocycles. The highest BCUT2D eigenvalue weighted by Gasteiger charge is 2.37. The van der Waals surface area contributed by atoms with E-state index in [-0.39, 0.29) is 0 Å². The van der Waals surface area contributed by atoms with Crippen LogP contribution in [0.1, 0.15) is 46.5 Å². The molecule has 0 aromatic carbocycles. The van der Waals surface area contributed by atoms with Crippen LogP contribution >= 0.6 is 0 Å². The van der Waals surface area contributed by atoms with E-state index in [0.717, 1.165) is 36.5 Å². The molecule has 2 nitrogen and oxygen atoms in total. The molecule has 2 aliphatic rings. The van der Waals surface area contributed by atoms with Crippen molar-refractivity contribution in [2.75, 3.05) is 6.54 Å². The molecular formula is C13H26N2. The lowest BCUT2D eigenvalue weighted by atomic mass is 10.1. The summed E-state index contributed by atoms with van der Waals surface area (Å²) in [6, 6.07) is 2.41. The van der Waals surface area contributed by atoms with Crippen LogP contribution < -0.4 is 10.6 Å². The standard InChI is InChI=1S/C13H26N2/c1-4-14-13-8-11(13)6-5-10(3)15-12-7-9(12)2/h9-15H,4-8H2,1-3H3/t9-,10?,11?,12-,13+/m1/s1. The van der Waals surface area contributed by atoms with Crippen LogP contribution in [0.15, 0.2) is 0 Å². The summed E-state index contributed by atoms with van der Waals surface area (Å²) in [6.45, 7) is 8.02. The summed E-state index contributed by atoms with van der Waals surface area (Å²) in [5.74, 6) is 1.91. The first-order valence-electron chi connectivity index (χ1n) is 6.70. The molecule has 0 amide bonds. The molecule has 88 valence electrons. The van der Waals surface area contributed by atoms with Crippen molar-refractivity contribution in [3.63, 3.8) is 0 Å². The summed E-state index contributed by atoms with van der Waals surface area (Å²) in [7, 11) is 0. The smallest absolute Gasteiger partial charge is 0.00990 e. The van der Waals surface area contributed by atoms with Gasteiger partial charge in [0, 0.05) is 18.1 Å². The highest BCUT2D eigenvalue weighted by molar-refractivity contribution is 4.94. The fraction of sp³-hybridized carbons (Fsp3) is 1.00. The van der Waals surface area contributed by atoms with Crippen molar-refractivity contribution in [2.45, 2.75) is 64.6 Å². The fourth-order valence-electron chi connectivity index (χ4n) is 2.55. The zero-order valence-electron chi connectivity index (χ0n) is 10.4. The molecule has 0 radical (unpaired) electrons. The predicted molar refractivity (Wildman–Crippen MR) is 65.0 cm³/mol. The Labute approximate surface area is 94.2 Å². The zero-order valence-corrected chi connectivity index (χ0v) is 10.4. The van der Waals surface area contributed by atoms with E-state index >= 15 is 0 Å². The SMILES string of the molecule is CCN[C@H]1CC1CCC(C)N[C@@H]1C[C@H]1C. The minimum Gasteiger partial charge on any atom is -0.314 e. The third kappa shape index (κ3) is 3.46. The van der Waals surface area contributed by atoms with E-state index in [4.69, 9.17) is 0 Å². The van der Waals surface area contributed by atoms with Gasteiger partial charge in [-0.2, -0.15) is 0 Å². The Hall–Kier alpha value is -0.0800. The number of nitrogens with one attached hydrogen (secondary N) is 2. The highest BCUT2D eigenvalue weighted by atomic mass is 15.0. The summed E-state index contributed by atoms with van der Waals surface area (Å²) in [6.07, 6.45) is 5.58. The Morgan fingerprint density at radius 1 is 1.27 bits per heavy atom. The third-order valence-corrected chi connectivity index (χ3v) is 3.97. The molecule has 2 rings (SSSR count). The van der Waals surface area contributed by atoms with Crippen LogP contribution in [0.25, 0.3) is 0 Å². The zero-order chi connectivity index (χ0) is 10.8. The van der Waals surface area contributed by atoms with Crippen LogP contribution in [-0.2, 0) is 0 Å². The van der Waals surface area contributed by atoms with E-state index in [2.05, 4.69) is 31.4 Å². The molecule has 2 unspecified atom stereocenters. The number of hydrogen-bond acceptors (Lipinski definition) is 2. The van der Waals surface area contributed by atoms with Gasteiger partial charge in [0.25, 0.3) is 0 Å². The maximum absolute atomic E-state index is 3.71. The molecule has 2 fully saturated rings. The third-order valence-electron chi connectivity index (χ3n) is 3.97. The van der Waals surface area contributed by atoms with Gasteiger partial charge in [-0.25, -0.2) is 0 Å². The largest absolute Gasteiger partial charge is 0.314 e. The summed E-state index contributed by atoms with van der Waals surface area (Å²) < 4.78 is 0. The summed E-state index contributed by atoms with van der Waals surface area (Å²) >= 11 is 0. The average Bonchev–Trinajstić information content (AvgIpc) is 3.06. The number of hydrogen-bond donors (Lipinski definition) is 2. The first-order valence-corrected chi connectivity index (χ1v) is 6.70. The summed E-state index contributed by atoms with van der Waals surface area (Å²) in [4.78, 5) is 0. The van der Waals surface area contributed by atoms with Crippen molar-refractivity contribution in [2.24, 2.45) is 11.8 Å². The van der Waals surface area contributed by atoms with Crippen molar-refractivity contribution >= 4 is 0 Å². The Bertz CT molecular complexity index is 205. The molecule has 2 heteroatoms. The predicted octanol–water partition coefficient (Wildman–Crippen LogP) is 2.15. The first-order chi connectivity index (χ1) is 7.20. The van der Waals surface area contributed by atoms with Gasteiger partial charge >= 0.3 is 0 Å².